The average molecular weight is 336 g/mol. The Hall–Kier alpha value is -1.18. The second kappa shape index (κ2) is 6.29. The minimum absolute atomic E-state index is 0.157. The fourth-order valence-corrected chi connectivity index (χ4v) is 2.94. The van der Waals surface area contributed by atoms with Crippen molar-refractivity contribution >= 4 is 25.6 Å². The molecule has 1 N–H and O–H groups in total. The predicted octanol–water partition coefficient (Wildman–Crippen LogP) is 1.91. The van der Waals surface area contributed by atoms with Crippen LogP contribution < -0.4 is 5.32 Å². The van der Waals surface area contributed by atoms with Crippen LogP contribution in [0.2, 0.25) is 0 Å². The van der Waals surface area contributed by atoms with E-state index in [1.165, 1.54) is 0 Å². The molecular formula is C13H15ClFNO4S. The second-order valence-electron chi connectivity index (χ2n) is 4.97. The van der Waals surface area contributed by atoms with Crippen molar-refractivity contribution in [3.63, 3.8) is 0 Å². The third kappa shape index (κ3) is 3.93. The number of rotatable bonds is 4. The maximum Gasteiger partial charge on any atom is 0.261 e. The number of nitrogens with one attached hydrogen (secondary N) is 1. The first kappa shape index (κ1) is 16.2. The van der Waals surface area contributed by atoms with Crippen LogP contribution in [0.15, 0.2) is 23.1 Å². The van der Waals surface area contributed by atoms with Gasteiger partial charge in [-0.25, -0.2) is 12.8 Å². The van der Waals surface area contributed by atoms with Crippen LogP contribution in [0.4, 0.5) is 4.39 Å². The lowest BCUT2D eigenvalue weighted by Crippen LogP contribution is -2.38. The SMILES string of the molecule is CC(NC(=O)c1ccc(S(=O)(=O)Cl)cc1F)C1CCOC1. The summed E-state index contributed by atoms with van der Waals surface area (Å²) in [6.45, 7) is 3.04. The van der Waals surface area contributed by atoms with E-state index in [1.807, 2.05) is 6.92 Å². The molecule has 1 aromatic carbocycles. The van der Waals surface area contributed by atoms with Crippen molar-refractivity contribution in [2.24, 2.45) is 5.92 Å². The van der Waals surface area contributed by atoms with Crippen LogP contribution in [-0.2, 0) is 13.8 Å². The van der Waals surface area contributed by atoms with Crippen molar-refractivity contribution in [3.8, 4) is 0 Å². The van der Waals surface area contributed by atoms with Crippen molar-refractivity contribution in [3.05, 3.63) is 29.6 Å². The summed E-state index contributed by atoms with van der Waals surface area (Å²) in [6, 6.07) is 2.79. The maximum atomic E-state index is 13.8. The number of halogens is 2. The lowest BCUT2D eigenvalue weighted by Gasteiger charge is -2.19. The fraction of sp³-hybridized carbons (Fsp3) is 0.462. The fourth-order valence-electron chi connectivity index (χ4n) is 2.18. The van der Waals surface area contributed by atoms with Gasteiger partial charge in [0.2, 0.25) is 0 Å². The largest absolute Gasteiger partial charge is 0.381 e. The first-order chi connectivity index (χ1) is 9.79. The van der Waals surface area contributed by atoms with Gasteiger partial charge >= 0.3 is 0 Å². The molecule has 0 aromatic heterocycles. The van der Waals surface area contributed by atoms with Crippen LogP contribution in [0.3, 0.4) is 0 Å². The first-order valence-electron chi connectivity index (χ1n) is 6.42. The molecule has 2 atom stereocenters. The van der Waals surface area contributed by atoms with Gasteiger partial charge in [0, 0.05) is 29.2 Å². The van der Waals surface area contributed by atoms with Gasteiger partial charge in [-0.1, -0.05) is 0 Å². The van der Waals surface area contributed by atoms with Gasteiger partial charge in [0.15, 0.2) is 0 Å². The van der Waals surface area contributed by atoms with Gasteiger partial charge in [-0.05, 0) is 31.5 Å². The van der Waals surface area contributed by atoms with Gasteiger partial charge in [0.25, 0.3) is 15.0 Å². The minimum atomic E-state index is -4.02. The summed E-state index contributed by atoms with van der Waals surface area (Å²) in [7, 11) is 1.10. The predicted molar refractivity (Wildman–Crippen MR) is 75.3 cm³/mol. The smallest absolute Gasteiger partial charge is 0.261 e. The molecule has 116 valence electrons. The average Bonchev–Trinajstić information content (AvgIpc) is 2.91. The van der Waals surface area contributed by atoms with E-state index >= 15 is 0 Å². The molecule has 1 amide bonds. The van der Waals surface area contributed by atoms with Crippen molar-refractivity contribution in [1.82, 2.24) is 5.32 Å². The highest BCUT2D eigenvalue weighted by Gasteiger charge is 2.25. The molecule has 0 radical (unpaired) electrons. The van der Waals surface area contributed by atoms with Gasteiger partial charge in [-0.2, -0.15) is 0 Å². The van der Waals surface area contributed by atoms with E-state index in [9.17, 15) is 17.6 Å². The van der Waals surface area contributed by atoms with Gasteiger partial charge < -0.3 is 10.1 Å². The normalized spacial score (nSPS) is 20.2. The van der Waals surface area contributed by atoms with Crippen LogP contribution in [0.5, 0.6) is 0 Å². The molecule has 1 aromatic rings. The van der Waals surface area contributed by atoms with Gasteiger partial charge in [-0.15, -0.1) is 0 Å². The molecule has 8 heteroatoms. The van der Waals surface area contributed by atoms with E-state index in [2.05, 4.69) is 5.32 Å². The number of hydrogen-bond acceptors (Lipinski definition) is 4. The standard InChI is InChI=1S/C13H15ClFNO4S/c1-8(9-4-5-20-7-9)16-13(17)11-3-2-10(6-12(11)15)21(14,18)19/h2-3,6,8-9H,4-5,7H2,1H3,(H,16,17). The monoisotopic (exact) mass is 335 g/mol. The Labute approximate surface area is 126 Å². The van der Waals surface area contributed by atoms with Crippen molar-refractivity contribution in [2.45, 2.75) is 24.3 Å². The van der Waals surface area contributed by atoms with Crippen LogP contribution >= 0.6 is 10.7 Å². The van der Waals surface area contributed by atoms with E-state index in [-0.39, 0.29) is 22.4 Å². The highest BCUT2D eigenvalue weighted by atomic mass is 35.7. The number of ether oxygens (including phenoxy) is 1. The van der Waals surface area contributed by atoms with E-state index in [4.69, 9.17) is 15.4 Å². The zero-order valence-corrected chi connectivity index (χ0v) is 12.9. The van der Waals surface area contributed by atoms with E-state index in [0.717, 1.165) is 24.6 Å². The maximum absolute atomic E-state index is 13.8. The summed E-state index contributed by atoms with van der Waals surface area (Å²) >= 11 is 0. The summed E-state index contributed by atoms with van der Waals surface area (Å²) in [4.78, 5) is 11.6. The van der Waals surface area contributed by atoms with E-state index < -0.39 is 20.8 Å². The van der Waals surface area contributed by atoms with Crippen molar-refractivity contribution in [2.75, 3.05) is 13.2 Å². The molecule has 0 bridgehead atoms. The number of carbonyl (C=O) groups excluding carboxylic acids is 1. The number of carbonyl (C=O) groups is 1. The highest BCUT2D eigenvalue weighted by Crippen LogP contribution is 2.20. The summed E-state index contributed by atoms with van der Waals surface area (Å²) in [5.74, 6) is -1.32. The minimum Gasteiger partial charge on any atom is -0.381 e. The molecule has 1 aliphatic heterocycles. The molecule has 2 rings (SSSR count). The Bertz CT molecular complexity index is 644. The molecule has 0 saturated carbocycles. The van der Waals surface area contributed by atoms with Crippen molar-refractivity contribution in [1.29, 1.82) is 0 Å². The molecule has 1 fully saturated rings. The summed E-state index contributed by atoms with van der Waals surface area (Å²) in [5.41, 5.74) is -0.218. The second-order valence-corrected chi connectivity index (χ2v) is 7.53. The highest BCUT2D eigenvalue weighted by molar-refractivity contribution is 8.13. The van der Waals surface area contributed by atoms with Gasteiger partial charge in [0.05, 0.1) is 17.1 Å². The van der Waals surface area contributed by atoms with E-state index in [1.54, 1.807) is 0 Å². The number of benzene rings is 1. The summed E-state index contributed by atoms with van der Waals surface area (Å²) in [5, 5.41) is 2.70. The molecule has 1 heterocycles. The Morgan fingerprint density at radius 2 is 2.24 bits per heavy atom. The van der Waals surface area contributed by atoms with Gasteiger partial charge in [-0.3, -0.25) is 4.79 Å². The van der Waals surface area contributed by atoms with E-state index in [0.29, 0.717) is 13.2 Å². The Kier molecular flexibility index (Phi) is 4.85. The molecule has 1 aliphatic rings. The van der Waals surface area contributed by atoms with Crippen LogP contribution in [0, 0.1) is 11.7 Å². The van der Waals surface area contributed by atoms with Crippen LogP contribution in [0.25, 0.3) is 0 Å². The topological polar surface area (TPSA) is 72.5 Å². The molecule has 0 spiro atoms. The molecule has 0 aliphatic carbocycles. The molecule has 2 unspecified atom stereocenters. The zero-order chi connectivity index (χ0) is 15.6. The summed E-state index contributed by atoms with van der Waals surface area (Å²) in [6.07, 6.45) is 0.841. The molecule has 1 saturated heterocycles. The lowest BCUT2D eigenvalue weighted by atomic mass is 10.0. The van der Waals surface area contributed by atoms with Crippen LogP contribution in [-0.4, -0.2) is 33.6 Å². The zero-order valence-electron chi connectivity index (χ0n) is 11.3. The Balaban J connectivity index is 2.12. The quantitative estimate of drug-likeness (QED) is 0.853. The third-order valence-electron chi connectivity index (χ3n) is 3.50. The third-order valence-corrected chi connectivity index (χ3v) is 4.85. The lowest BCUT2D eigenvalue weighted by molar-refractivity contribution is 0.0918. The molecule has 5 nitrogen and oxygen atoms in total. The first-order valence-corrected chi connectivity index (χ1v) is 8.73. The number of amides is 1. The molecular weight excluding hydrogens is 321 g/mol. The van der Waals surface area contributed by atoms with Crippen LogP contribution in [0.1, 0.15) is 23.7 Å². The number of hydrogen-bond donors (Lipinski definition) is 1. The van der Waals surface area contributed by atoms with Crippen molar-refractivity contribution < 1.29 is 22.3 Å². The van der Waals surface area contributed by atoms with Gasteiger partial charge in [0.1, 0.15) is 5.82 Å². The molecule has 21 heavy (non-hydrogen) atoms. The Morgan fingerprint density at radius 1 is 1.52 bits per heavy atom. The Morgan fingerprint density at radius 3 is 2.76 bits per heavy atom. The summed E-state index contributed by atoms with van der Waals surface area (Å²) < 4.78 is 41.3.